The van der Waals surface area contributed by atoms with Crippen LogP contribution in [0.2, 0.25) is 0 Å². The topological polar surface area (TPSA) is 161 Å². The van der Waals surface area contributed by atoms with Crippen LogP contribution in [-0.2, 0) is 9.59 Å². The predicted octanol–water partition coefficient (Wildman–Crippen LogP) is -0.580. The Morgan fingerprint density at radius 2 is 1.84 bits per heavy atom. The number of nitrogens with zero attached hydrogens (tertiary/aromatic N) is 4. The summed E-state index contributed by atoms with van der Waals surface area (Å²) in [5.41, 5.74) is 6.51. The maximum absolute atomic E-state index is 12.5. The van der Waals surface area contributed by atoms with Crippen molar-refractivity contribution in [2.75, 3.05) is 49.5 Å². The van der Waals surface area contributed by atoms with Gasteiger partial charge in [0, 0.05) is 49.8 Å². The maximum atomic E-state index is 12.5. The van der Waals surface area contributed by atoms with Gasteiger partial charge in [0.15, 0.2) is 0 Å². The molecule has 11 nitrogen and oxygen atoms in total. The van der Waals surface area contributed by atoms with Crippen molar-refractivity contribution in [3.63, 3.8) is 0 Å². The Balaban J connectivity index is 0.00000363. The molecule has 1 aliphatic heterocycles. The van der Waals surface area contributed by atoms with E-state index >= 15 is 0 Å². The summed E-state index contributed by atoms with van der Waals surface area (Å²) in [6, 6.07) is 7.48. The third-order valence-corrected chi connectivity index (χ3v) is 4.89. The zero-order valence-corrected chi connectivity index (χ0v) is 18.2. The van der Waals surface area contributed by atoms with Gasteiger partial charge in [0.2, 0.25) is 17.8 Å². The number of nitrogen functional groups attached to an aromatic ring is 1. The lowest BCUT2D eigenvalue weighted by atomic mass is 10.1. The number of hydrogen-bond acceptors (Lipinski definition) is 8. The van der Waals surface area contributed by atoms with Gasteiger partial charge in [-0.25, -0.2) is 9.97 Å². The summed E-state index contributed by atoms with van der Waals surface area (Å²) in [7, 11) is 0. The Bertz CT molecular complexity index is 922. The number of aromatic nitrogens is 2. The van der Waals surface area contributed by atoms with Gasteiger partial charge in [0.05, 0.1) is 13.2 Å². The molecule has 1 aliphatic rings. The molecule has 32 heavy (non-hydrogen) atoms. The van der Waals surface area contributed by atoms with E-state index in [1.165, 1.54) is 0 Å². The molecule has 6 N–H and O–H groups in total. The van der Waals surface area contributed by atoms with Gasteiger partial charge in [-0.2, -0.15) is 0 Å². The van der Waals surface area contributed by atoms with Crippen LogP contribution in [0.4, 0.5) is 11.6 Å². The minimum Gasteiger partial charge on any atom is -0.394 e. The number of amides is 2. The summed E-state index contributed by atoms with van der Waals surface area (Å²) in [5.74, 6) is -0.163. The molecule has 1 aromatic heterocycles. The van der Waals surface area contributed by atoms with E-state index in [1.807, 2.05) is 4.90 Å². The summed E-state index contributed by atoms with van der Waals surface area (Å²) in [4.78, 5) is 37.0. The molecule has 0 bridgehead atoms. The fraction of sp³-hybridized carbons (Fsp3) is 0.350. The van der Waals surface area contributed by atoms with E-state index in [0.717, 1.165) is 0 Å². The SMILES string of the molecule is Cl.N=C(N)c1cccc(NC(CO)C(=O)NCC(=O)N2CCN(c3ncccn3)CC2)c1. The minimum absolute atomic E-state index is 0. The lowest BCUT2D eigenvalue weighted by Crippen LogP contribution is -2.52. The van der Waals surface area contributed by atoms with E-state index in [4.69, 9.17) is 11.1 Å². The number of amidine groups is 1. The van der Waals surface area contributed by atoms with Crippen molar-refractivity contribution in [3.05, 3.63) is 48.3 Å². The lowest BCUT2D eigenvalue weighted by Gasteiger charge is -2.34. The van der Waals surface area contributed by atoms with Crippen LogP contribution in [0.1, 0.15) is 5.56 Å². The number of carbonyl (C=O) groups excluding carboxylic acids is 2. The molecule has 2 aromatic rings. The number of benzene rings is 1. The highest BCUT2D eigenvalue weighted by Gasteiger charge is 2.24. The predicted molar refractivity (Wildman–Crippen MR) is 123 cm³/mol. The van der Waals surface area contributed by atoms with Gasteiger partial charge >= 0.3 is 0 Å². The fourth-order valence-electron chi connectivity index (χ4n) is 3.18. The third kappa shape index (κ3) is 6.53. The van der Waals surface area contributed by atoms with Gasteiger partial charge in [-0.1, -0.05) is 12.1 Å². The van der Waals surface area contributed by atoms with Crippen LogP contribution in [0.5, 0.6) is 0 Å². The molecule has 1 unspecified atom stereocenters. The van der Waals surface area contributed by atoms with Gasteiger partial charge in [0.25, 0.3) is 0 Å². The van der Waals surface area contributed by atoms with Crippen LogP contribution in [0, 0.1) is 5.41 Å². The van der Waals surface area contributed by atoms with Crippen LogP contribution < -0.4 is 21.3 Å². The fourth-order valence-corrected chi connectivity index (χ4v) is 3.18. The number of anilines is 2. The van der Waals surface area contributed by atoms with Crippen LogP contribution in [-0.4, -0.2) is 83.0 Å². The van der Waals surface area contributed by atoms with Crippen molar-refractivity contribution in [1.29, 1.82) is 5.41 Å². The molecule has 12 heteroatoms. The van der Waals surface area contributed by atoms with E-state index < -0.39 is 18.6 Å². The first kappa shape index (κ1) is 24.8. The molecule has 172 valence electrons. The number of carbonyl (C=O) groups is 2. The molecule has 1 atom stereocenters. The van der Waals surface area contributed by atoms with Gasteiger partial charge in [0.1, 0.15) is 11.9 Å². The number of nitrogens with one attached hydrogen (secondary N) is 3. The molecule has 3 rings (SSSR count). The lowest BCUT2D eigenvalue weighted by molar-refractivity contribution is -0.133. The second-order valence-electron chi connectivity index (χ2n) is 7.01. The van der Waals surface area contributed by atoms with E-state index in [2.05, 4.69) is 20.6 Å². The Morgan fingerprint density at radius 1 is 1.16 bits per heavy atom. The minimum atomic E-state index is -0.943. The third-order valence-electron chi connectivity index (χ3n) is 4.89. The highest BCUT2D eigenvalue weighted by molar-refractivity contribution is 5.96. The van der Waals surface area contributed by atoms with E-state index in [1.54, 1.807) is 47.6 Å². The Kier molecular flexibility index (Phi) is 9.17. The average Bonchev–Trinajstić information content (AvgIpc) is 2.81. The van der Waals surface area contributed by atoms with Gasteiger partial charge in [-0.05, 0) is 18.2 Å². The quantitative estimate of drug-likeness (QED) is 0.257. The van der Waals surface area contributed by atoms with Crippen molar-refractivity contribution < 1.29 is 14.7 Å². The summed E-state index contributed by atoms with van der Waals surface area (Å²) < 4.78 is 0. The second kappa shape index (κ2) is 11.8. The summed E-state index contributed by atoms with van der Waals surface area (Å²) in [6.07, 6.45) is 3.36. The van der Waals surface area contributed by atoms with Gasteiger partial charge in [-0.15, -0.1) is 12.4 Å². The molecule has 0 aliphatic carbocycles. The summed E-state index contributed by atoms with van der Waals surface area (Å²) >= 11 is 0. The normalized spacial score (nSPS) is 14.2. The Morgan fingerprint density at radius 3 is 2.47 bits per heavy atom. The molecule has 0 spiro atoms. The highest BCUT2D eigenvalue weighted by Crippen LogP contribution is 2.12. The molecule has 1 fully saturated rings. The first-order valence-electron chi connectivity index (χ1n) is 9.87. The van der Waals surface area contributed by atoms with Gasteiger partial charge < -0.3 is 31.3 Å². The summed E-state index contributed by atoms with van der Waals surface area (Å²) in [6.45, 7) is 1.61. The number of halogens is 1. The number of aliphatic hydroxyl groups is 1. The Hall–Kier alpha value is -3.44. The van der Waals surface area contributed by atoms with Crippen LogP contribution in [0.3, 0.4) is 0 Å². The second-order valence-corrected chi connectivity index (χ2v) is 7.01. The van der Waals surface area contributed by atoms with Crippen molar-refractivity contribution in [2.24, 2.45) is 5.73 Å². The molecule has 1 aromatic carbocycles. The average molecular weight is 463 g/mol. The highest BCUT2D eigenvalue weighted by atomic mass is 35.5. The molecule has 2 amide bonds. The summed E-state index contributed by atoms with van der Waals surface area (Å²) in [5, 5.41) is 22.5. The first-order chi connectivity index (χ1) is 15.0. The monoisotopic (exact) mass is 462 g/mol. The van der Waals surface area contributed by atoms with E-state index in [9.17, 15) is 14.7 Å². The number of aliphatic hydroxyl groups excluding tert-OH is 1. The zero-order valence-electron chi connectivity index (χ0n) is 17.4. The Labute approximate surface area is 191 Å². The van der Waals surface area contributed by atoms with E-state index in [0.29, 0.717) is 43.4 Å². The van der Waals surface area contributed by atoms with Crippen molar-refractivity contribution in [3.8, 4) is 0 Å². The number of hydrogen-bond donors (Lipinski definition) is 5. The first-order valence-corrected chi connectivity index (χ1v) is 9.87. The van der Waals surface area contributed by atoms with E-state index in [-0.39, 0.29) is 30.7 Å². The molecule has 1 saturated heterocycles. The van der Waals surface area contributed by atoms with Crippen molar-refractivity contribution >= 4 is 41.7 Å². The smallest absolute Gasteiger partial charge is 0.245 e. The van der Waals surface area contributed by atoms with Crippen LogP contribution >= 0.6 is 12.4 Å². The molecular weight excluding hydrogens is 436 g/mol. The standard InChI is InChI=1S/C20H26N8O3.ClH/c21-18(22)14-3-1-4-15(11-14)26-16(13-29)19(31)25-12-17(30)27-7-9-28(10-8-27)20-23-5-2-6-24-20;/h1-6,11,16,26,29H,7-10,12-13H2,(H3,21,22)(H,25,31);1H. The molecular formula is C20H27ClN8O3. The number of nitrogens with two attached hydrogens (primary N) is 1. The van der Waals surface area contributed by atoms with Crippen molar-refractivity contribution in [2.45, 2.75) is 6.04 Å². The van der Waals surface area contributed by atoms with Crippen LogP contribution in [0.15, 0.2) is 42.7 Å². The molecule has 0 radical (unpaired) electrons. The molecule has 0 saturated carbocycles. The largest absolute Gasteiger partial charge is 0.394 e. The van der Waals surface area contributed by atoms with Gasteiger partial charge in [-0.3, -0.25) is 15.0 Å². The van der Waals surface area contributed by atoms with Crippen LogP contribution in [0.25, 0.3) is 0 Å². The number of piperazine rings is 1. The maximum Gasteiger partial charge on any atom is 0.245 e. The molecule has 2 heterocycles. The zero-order chi connectivity index (χ0) is 22.2. The van der Waals surface area contributed by atoms with Crippen molar-refractivity contribution in [1.82, 2.24) is 20.2 Å². The number of rotatable bonds is 8.